The van der Waals surface area contributed by atoms with E-state index in [2.05, 4.69) is 10.6 Å². The number of anilines is 2. The first kappa shape index (κ1) is 18.1. The summed E-state index contributed by atoms with van der Waals surface area (Å²) in [5.74, 6) is 0.263. The summed E-state index contributed by atoms with van der Waals surface area (Å²) in [5, 5.41) is 15.0. The third-order valence-corrected chi connectivity index (χ3v) is 3.63. The molecule has 1 amide bonds. The average molecular weight is 335 g/mol. The van der Waals surface area contributed by atoms with Crippen LogP contribution in [0.2, 0.25) is 0 Å². The van der Waals surface area contributed by atoms with Crippen LogP contribution in [0.1, 0.15) is 18.1 Å². The molecule has 2 aromatic rings. The zero-order chi connectivity index (χ0) is 18.2. The molecule has 0 aliphatic rings. The molecule has 2 rings (SSSR count). The SMILES string of the molecule is CCOc1ccc(NC(=O)/C(C#N)=C\Nc2c(C)cccc2C)cc1. The van der Waals surface area contributed by atoms with Gasteiger partial charge in [-0.2, -0.15) is 5.26 Å². The summed E-state index contributed by atoms with van der Waals surface area (Å²) in [7, 11) is 0. The molecule has 0 spiro atoms. The summed E-state index contributed by atoms with van der Waals surface area (Å²) in [4.78, 5) is 12.3. The highest BCUT2D eigenvalue weighted by atomic mass is 16.5. The van der Waals surface area contributed by atoms with Crippen molar-refractivity contribution in [2.75, 3.05) is 17.2 Å². The molecule has 128 valence electrons. The van der Waals surface area contributed by atoms with Crippen LogP contribution in [0.15, 0.2) is 54.2 Å². The molecule has 0 radical (unpaired) electrons. The number of ether oxygens (including phenoxy) is 1. The van der Waals surface area contributed by atoms with Gasteiger partial charge in [-0.25, -0.2) is 0 Å². The number of para-hydroxylation sites is 1. The number of nitrogens with zero attached hydrogens (tertiary/aromatic N) is 1. The van der Waals surface area contributed by atoms with Gasteiger partial charge >= 0.3 is 0 Å². The topological polar surface area (TPSA) is 74.1 Å². The third-order valence-electron chi connectivity index (χ3n) is 3.63. The molecule has 0 bridgehead atoms. The lowest BCUT2D eigenvalue weighted by molar-refractivity contribution is -0.112. The molecule has 0 fully saturated rings. The number of hydrogen-bond donors (Lipinski definition) is 2. The maximum Gasteiger partial charge on any atom is 0.267 e. The van der Waals surface area contributed by atoms with E-state index in [-0.39, 0.29) is 5.57 Å². The third kappa shape index (κ3) is 4.85. The Hall–Kier alpha value is -3.26. The molecule has 0 aliphatic carbocycles. The van der Waals surface area contributed by atoms with Gasteiger partial charge in [0.15, 0.2) is 0 Å². The number of rotatable bonds is 6. The van der Waals surface area contributed by atoms with Crippen LogP contribution >= 0.6 is 0 Å². The number of carbonyl (C=O) groups is 1. The maximum absolute atomic E-state index is 12.3. The molecule has 0 unspecified atom stereocenters. The van der Waals surface area contributed by atoms with E-state index in [1.54, 1.807) is 24.3 Å². The van der Waals surface area contributed by atoms with E-state index in [4.69, 9.17) is 4.74 Å². The van der Waals surface area contributed by atoms with E-state index >= 15 is 0 Å². The van der Waals surface area contributed by atoms with Gasteiger partial charge in [-0.1, -0.05) is 18.2 Å². The van der Waals surface area contributed by atoms with E-state index in [1.807, 2.05) is 45.0 Å². The molecule has 0 atom stereocenters. The molecule has 5 heteroatoms. The Morgan fingerprint density at radius 2 is 1.80 bits per heavy atom. The van der Waals surface area contributed by atoms with Crippen LogP contribution in [0.3, 0.4) is 0 Å². The molecule has 2 N–H and O–H groups in total. The first-order valence-corrected chi connectivity index (χ1v) is 8.02. The minimum absolute atomic E-state index is 0.00321. The van der Waals surface area contributed by atoms with Crippen LogP contribution in [-0.2, 0) is 4.79 Å². The maximum atomic E-state index is 12.3. The number of amides is 1. The molecule has 0 heterocycles. The van der Waals surface area contributed by atoms with Gasteiger partial charge in [0, 0.05) is 17.6 Å². The normalized spacial score (nSPS) is 10.7. The van der Waals surface area contributed by atoms with Gasteiger partial charge in [0.2, 0.25) is 0 Å². The Balaban J connectivity index is 2.09. The van der Waals surface area contributed by atoms with Crippen molar-refractivity contribution in [3.63, 3.8) is 0 Å². The summed E-state index contributed by atoms with van der Waals surface area (Å²) in [6.07, 6.45) is 1.43. The van der Waals surface area contributed by atoms with E-state index in [0.717, 1.165) is 22.6 Å². The van der Waals surface area contributed by atoms with Crippen molar-refractivity contribution in [2.45, 2.75) is 20.8 Å². The van der Waals surface area contributed by atoms with Crippen molar-refractivity contribution in [2.24, 2.45) is 0 Å². The second-order valence-corrected chi connectivity index (χ2v) is 5.49. The predicted octanol–water partition coefficient (Wildman–Crippen LogP) is 4.16. The Morgan fingerprint density at radius 1 is 1.16 bits per heavy atom. The van der Waals surface area contributed by atoms with E-state index in [1.165, 1.54) is 6.20 Å². The second kappa shape index (κ2) is 8.55. The van der Waals surface area contributed by atoms with Crippen LogP contribution in [0.25, 0.3) is 0 Å². The van der Waals surface area contributed by atoms with Gasteiger partial charge in [-0.3, -0.25) is 4.79 Å². The fourth-order valence-corrected chi connectivity index (χ4v) is 2.33. The van der Waals surface area contributed by atoms with Gasteiger partial charge < -0.3 is 15.4 Å². The number of carbonyl (C=O) groups excluding carboxylic acids is 1. The van der Waals surface area contributed by atoms with Crippen molar-refractivity contribution < 1.29 is 9.53 Å². The molecule has 0 aromatic heterocycles. The monoisotopic (exact) mass is 335 g/mol. The summed E-state index contributed by atoms with van der Waals surface area (Å²) in [6.45, 7) is 6.42. The smallest absolute Gasteiger partial charge is 0.267 e. The number of hydrogen-bond acceptors (Lipinski definition) is 4. The van der Waals surface area contributed by atoms with Crippen molar-refractivity contribution in [1.29, 1.82) is 5.26 Å². The van der Waals surface area contributed by atoms with Gasteiger partial charge in [-0.05, 0) is 56.2 Å². The molecule has 2 aromatic carbocycles. The second-order valence-electron chi connectivity index (χ2n) is 5.49. The quantitative estimate of drug-likeness (QED) is 0.614. The van der Waals surface area contributed by atoms with Gasteiger partial charge in [0.05, 0.1) is 6.61 Å². The minimum atomic E-state index is -0.467. The van der Waals surface area contributed by atoms with Crippen molar-refractivity contribution in [1.82, 2.24) is 0 Å². The molecule has 0 saturated carbocycles. The Kier molecular flexibility index (Phi) is 6.19. The number of nitrogens with one attached hydrogen (secondary N) is 2. The van der Waals surface area contributed by atoms with Crippen LogP contribution in [0.5, 0.6) is 5.75 Å². The summed E-state index contributed by atoms with van der Waals surface area (Å²) < 4.78 is 5.36. The van der Waals surface area contributed by atoms with Crippen LogP contribution < -0.4 is 15.4 Å². The highest BCUT2D eigenvalue weighted by Crippen LogP contribution is 2.20. The van der Waals surface area contributed by atoms with E-state index in [9.17, 15) is 10.1 Å². The highest BCUT2D eigenvalue weighted by molar-refractivity contribution is 6.06. The van der Waals surface area contributed by atoms with Gasteiger partial charge in [0.25, 0.3) is 5.91 Å². The number of benzene rings is 2. The summed E-state index contributed by atoms with van der Waals surface area (Å²) >= 11 is 0. The van der Waals surface area contributed by atoms with Crippen LogP contribution in [0.4, 0.5) is 11.4 Å². The zero-order valence-electron chi connectivity index (χ0n) is 14.6. The summed E-state index contributed by atoms with van der Waals surface area (Å²) in [5.41, 5.74) is 3.57. The molecule has 0 aliphatic heterocycles. The Labute approximate surface area is 147 Å². The Morgan fingerprint density at radius 3 is 2.36 bits per heavy atom. The van der Waals surface area contributed by atoms with Gasteiger partial charge in [-0.15, -0.1) is 0 Å². The first-order valence-electron chi connectivity index (χ1n) is 8.02. The van der Waals surface area contributed by atoms with E-state index < -0.39 is 5.91 Å². The minimum Gasteiger partial charge on any atom is -0.494 e. The molecule has 0 saturated heterocycles. The number of aryl methyl sites for hydroxylation is 2. The van der Waals surface area contributed by atoms with Crippen LogP contribution in [-0.4, -0.2) is 12.5 Å². The lowest BCUT2D eigenvalue weighted by atomic mass is 10.1. The zero-order valence-corrected chi connectivity index (χ0v) is 14.6. The average Bonchev–Trinajstić information content (AvgIpc) is 2.59. The molecular formula is C20H21N3O2. The fourth-order valence-electron chi connectivity index (χ4n) is 2.33. The summed E-state index contributed by atoms with van der Waals surface area (Å²) in [6, 6.07) is 14.8. The van der Waals surface area contributed by atoms with Gasteiger partial charge in [0.1, 0.15) is 17.4 Å². The van der Waals surface area contributed by atoms with Crippen molar-refractivity contribution >= 4 is 17.3 Å². The molecular weight excluding hydrogens is 314 g/mol. The van der Waals surface area contributed by atoms with Crippen molar-refractivity contribution in [3.05, 3.63) is 65.4 Å². The van der Waals surface area contributed by atoms with E-state index in [0.29, 0.717) is 12.3 Å². The van der Waals surface area contributed by atoms with Crippen LogP contribution in [0, 0.1) is 25.2 Å². The largest absolute Gasteiger partial charge is 0.494 e. The lowest BCUT2D eigenvalue weighted by Gasteiger charge is -2.10. The molecule has 5 nitrogen and oxygen atoms in total. The standard InChI is InChI=1S/C20H21N3O2/c1-4-25-18-10-8-17(9-11-18)23-20(24)16(12-21)13-22-19-14(2)6-5-7-15(19)3/h5-11,13,22H,4H2,1-3H3,(H,23,24)/b16-13-. The Bertz CT molecular complexity index is 798. The number of nitriles is 1. The highest BCUT2D eigenvalue weighted by Gasteiger charge is 2.10. The molecule has 25 heavy (non-hydrogen) atoms. The lowest BCUT2D eigenvalue weighted by Crippen LogP contribution is -2.14. The van der Waals surface area contributed by atoms with Crippen molar-refractivity contribution in [3.8, 4) is 11.8 Å². The predicted molar refractivity (Wildman–Crippen MR) is 99.5 cm³/mol. The first-order chi connectivity index (χ1) is 12.0. The fraction of sp³-hybridized carbons (Fsp3) is 0.200.